The predicted molar refractivity (Wildman–Crippen MR) is 65.8 cm³/mol. The van der Waals surface area contributed by atoms with Crippen LogP contribution in [0.15, 0.2) is 43.0 Å². The number of benzene rings is 1. The van der Waals surface area contributed by atoms with Gasteiger partial charge in [0.05, 0.1) is 0 Å². The number of hydrogen-bond donors (Lipinski definition) is 2. The zero-order valence-electron chi connectivity index (χ0n) is 9.57. The van der Waals surface area contributed by atoms with E-state index in [0.29, 0.717) is 6.54 Å². The molecule has 0 bridgehead atoms. The van der Waals surface area contributed by atoms with Gasteiger partial charge in [0.2, 0.25) is 5.91 Å². The molecule has 0 aliphatic heterocycles. The van der Waals surface area contributed by atoms with E-state index in [9.17, 15) is 4.79 Å². The van der Waals surface area contributed by atoms with Crippen molar-refractivity contribution in [3.8, 4) is 0 Å². The van der Waals surface area contributed by atoms with Crippen LogP contribution in [-0.4, -0.2) is 12.5 Å². The summed E-state index contributed by atoms with van der Waals surface area (Å²) in [7, 11) is 0. The molecule has 3 nitrogen and oxygen atoms in total. The summed E-state index contributed by atoms with van der Waals surface area (Å²) in [4.78, 5) is 11.9. The Morgan fingerprint density at radius 1 is 1.50 bits per heavy atom. The molecule has 0 fully saturated rings. The van der Waals surface area contributed by atoms with Gasteiger partial charge in [-0.1, -0.05) is 36.4 Å². The fraction of sp³-hybridized carbons (Fsp3) is 0.308. The second-order valence-corrected chi connectivity index (χ2v) is 3.90. The van der Waals surface area contributed by atoms with Crippen molar-refractivity contribution >= 4 is 5.91 Å². The normalized spacial score (nSPS) is 13.9. The molecule has 86 valence electrons. The molecule has 0 saturated heterocycles. The molecule has 3 N–H and O–H groups in total. The van der Waals surface area contributed by atoms with Crippen LogP contribution in [0.4, 0.5) is 0 Å². The van der Waals surface area contributed by atoms with Gasteiger partial charge < -0.3 is 11.1 Å². The molecule has 0 heterocycles. The minimum Gasteiger partial charge on any atom is -0.354 e. The fourth-order valence-electron chi connectivity index (χ4n) is 1.39. The lowest BCUT2D eigenvalue weighted by Crippen LogP contribution is -2.49. The van der Waals surface area contributed by atoms with E-state index in [2.05, 4.69) is 11.9 Å². The number of nitrogens with one attached hydrogen (secondary N) is 1. The Balaban J connectivity index is 2.70. The Hall–Kier alpha value is -1.61. The SMILES string of the molecule is C=CCCNC(=O)C(C)(N)c1ccccc1. The van der Waals surface area contributed by atoms with Gasteiger partial charge in [0, 0.05) is 6.54 Å². The first-order chi connectivity index (χ1) is 7.59. The van der Waals surface area contributed by atoms with Crippen LogP contribution in [0.1, 0.15) is 18.9 Å². The molecule has 16 heavy (non-hydrogen) atoms. The average molecular weight is 218 g/mol. The molecule has 1 atom stereocenters. The van der Waals surface area contributed by atoms with E-state index < -0.39 is 5.54 Å². The molecule has 1 aromatic rings. The van der Waals surface area contributed by atoms with Gasteiger partial charge in [-0.3, -0.25) is 4.79 Å². The second kappa shape index (κ2) is 5.47. The maximum atomic E-state index is 11.9. The van der Waals surface area contributed by atoms with E-state index in [4.69, 9.17) is 5.73 Å². The summed E-state index contributed by atoms with van der Waals surface area (Å²) in [6.07, 6.45) is 2.51. The van der Waals surface area contributed by atoms with Crippen LogP contribution in [0, 0.1) is 0 Å². The topological polar surface area (TPSA) is 55.1 Å². The quantitative estimate of drug-likeness (QED) is 0.582. The van der Waals surface area contributed by atoms with E-state index in [1.165, 1.54) is 0 Å². The number of hydrogen-bond acceptors (Lipinski definition) is 2. The summed E-state index contributed by atoms with van der Waals surface area (Å²) in [5.41, 5.74) is 5.85. The molecule has 1 unspecified atom stereocenters. The maximum absolute atomic E-state index is 11.9. The summed E-state index contributed by atoms with van der Waals surface area (Å²) in [5.74, 6) is -0.166. The molecule has 0 aromatic heterocycles. The van der Waals surface area contributed by atoms with Crippen molar-refractivity contribution in [1.82, 2.24) is 5.32 Å². The lowest BCUT2D eigenvalue weighted by Gasteiger charge is -2.23. The third kappa shape index (κ3) is 2.94. The van der Waals surface area contributed by atoms with Crippen LogP contribution in [0.5, 0.6) is 0 Å². The summed E-state index contributed by atoms with van der Waals surface area (Å²) in [5, 5.41) is 2.79. The Morgan fingerprint density at radius 2 is 2.12 bits per heavy atom. The van der Waals surface area contributed by atoms with E-state index in [1.807, 2.05) is 30.3 Å². The monoisotopic (exact) mass is 218 g/mol. The van der Waals surface area contributed by atoms with Crippen LogP contribution >= 0.6 is 0 Å². The van der Waals surface area contributed by atoms with Gasteiger partial charge in [0.15, 0.2) is 0 Å². The van der Waals surface area contributed by atoms with Gasteiger partial charge in [-0.25, -0.2) is 0 Å². The molecule has 0 saturated carbocycles. The first-order valence-corrected chi connectivity index (χ1v) is 5.32. The van der Waals surface area contributed by atoms with Crippen molar-refractivity contribution in [3.05, 3.63) is 48.6 Å². The van der Waals surface area contributed by atoms with Crippen molar-refractivity contribution in [2.75, 3.05) is 6.54 Å². The van der Waals surface area contributed by atoms with E-state index >= 15 is 0 Å². The Morgan fingerprint density at radius 3 is 2.69 bits per heavy atom. The zero-order chi connectivity index (χ0) is 12.0. The number of carbonyl (C=O) groups excluding carboxylic acids is 1. The van der Waals surface area contributed by atoms with Crippen LogP contribution in [0.2, 0.25) is 0 Å². The highest BCUT2D eigenvalue weighted by molar-refractivity contribution is 5.86. The predicted octanol–water partition coefficient (Wildman–Crippen LogP) is 1.55. The van der Waals surface area contributed by atoms with Crippen molar-refractivity contribution in [1.29, 1.82) is 0 Å². The summed E-state index contributed by atoms with van der Waals surface area (Å²) >= 11 is 0. The highest BCUT2D eigenvalue weighted by Gasteiger charge is 2.29. The Kier molecular flexibility index (Phi) is 4.26. The largest absolute Gasteiger partial charge is 0.354 e. The fourth-order valence-corrected chi connectivity index (χ4v) is 1.39. The highest BCUT2D eigenvalue weighted by atomic mass is 16.2. The molecule has 1 amide bonds. The number of carbonyl (C=O) groups is 1. The summed E-state index contributed by atoms with van der Waals surface area (Å²) in [6.45, 7) is 5.88. The van der Waals surface area contributed by atoms with Crippen molar-refractivity contribution < 1.29 is 4.79 Å². The van der Waals surface area contributed by atoms with E-state index in [1.54, 1.807) is 13.0 Å². The number of nitrogens with two attached hydrogens (primary N) is 1. The first kappa shape index (κ1) is 12.5. The smallest absolute Gasteiger partial charge is 0.244 e. The molecule has 0 aliphatic carbocycles. The van der Waals surface area contributed by atoms with E-state index in [-0.39, 0.29) is 5.91 Å². The molecule has 1 aromatic carbocycles. The standard InChI is InChI=1S/C13H18N2O/c1-3-4-10-15-12(16)13(2,14)11-8-6-5-7-9-11/h3,5-9H,1,4,10,14H2,2H3,(H,15,16). The minimum absolute atomic E-state index is 0.166. The lowest BCUT2D eigenvalue weighted by atomic mass is 9.92. The lowest BCUT2D eigenvalue weighted by molar-refractivity contribution is -0.126. The van der Waals surface area contributed by atoms with Crippen LogP contribution in [0.3, 0.4) is 0 Å². The second-order valence-electron chi connectivity index (χ2n) is 3.90. The van der Waals surface area contributed by atoms with Crippen LogP contribution in [-0.2, 0) is 10.3 Å². The van der Waals surface area contributed by atoms with Gasteiger partial charge in [0.25, 0.3) is 0 Å². The van der Waals surface area contributed by atoms with Crippen molar-refractivity contribution in [2.24, 2.45) is 5.73 Å². The van der Waals surface area contributed by atoms with Gasteiger partial charge in [-0.05, 0) is 18.9 Å². The van der Waals surface area contributed by atoms with Gasteiger partial charge in [0.1, 0.15) is 5.54 Å². The minimum atomic E-state index is -0.984. The number of amides is 1. The third-order valence-electron chi connectivity index (χ3n) is 2.48. The third-order valence-corrected chi connectivity index (χ3v) is 2.48. The van der Waals surface area contributed by atoms with Crippen molar-refractivity contribution in [3.63, 3.8) is 0 Å². The molecule has 1 rings (SSSR count). The maximum Gasteiger partial charge on any atom is 0.244 e. The van der Waals surface area contributed by atoms with Crippen LogP contribution in [0.25, 0.3) is 0 Å². The number of rotatable bonds is 5. The highest BCUT2D eigenvalue weighted by Crippen LogP contribution is 2.17. The summed E-state index contributed by atoms with van der Waals surface area (Å²) < 4.78 is 0. The molecule has 0 aliphatic rings. The Bertz CT molecular complexity index is 357. The first-order valence-electron chi connectivity index (χ1n) is 5.32. The Labute approximate surface area is 96.3 Å². The van der Waals surface area contributed by atoms with Gasteiger partial charge in [-0.2, -0.15) is 0 Å². The molecular formula is C13H18N2O. The molecule has 0 radical (unpaired) electrons. The van der Waals surface area contributed by atoms with E-state index in [0.717, 1.165) is 12.0 Å². The van der Waals surface area contributed by atoms with Gasteiger partial charge >= 0.3 is 0 Å². The zero-order valence-corrected chi connectivity index (χ0v) is 9.57. The molecule has 3 heteroatoms. The van der Waals surface area contributed by atoms with Crippen molar-refractivity contribution in [2.45, 2.75) is 18.9 Å². The summed E-state index contributed by atoms with van der Waals surface area (Å²) in [6, 6.07) is 9.35. The van der Waals surface area contributed by atoms with Gasteiger partial charge in [-0.15, -0.1) is 6.58 Å². The molecule has 0 spiro atoms. The molecular weight excluding hydrogens is 200 g/mol. The average Bonchev–Trinajstić information content (AvgIpc) is 2.30. The van der Waals surface area contributed by atoms with Crippen LogP contribution < -0.4 is 11.1 Å².